The highest BCUT2D eigenvalue weighted by Gasteiger charge is 2.25. The van der Waals surface area contributed by atoms with Gasteiger partial charge in [0.15, 0.2) is 5.82 Å². The van der Waals surface area contributed by atoms with Gasteiger partial charge < -0.3 is 18.9 Å². The first-order chi connectivity index (χ1) is 11.3. The van der Waals surface area contributed by atoms with Gasteiger partial charge in [0.25, 0.3) is 5.91 Å². The van der Waals surface area contributed by atoms with E-state index in [1.165, 1.54) is 12.6 Å². The average Bonchev–Trinajstić information content (AvgIpc) is 3.13. The number of pyridine rings is 1. The molecule has 0 bridgehead atoms. The number of hydrogen-bond acceptors (Lipinski definition) is 7. The summed E-state index contributed by atoms with van der Waals surface area (Å²) in [5, 5.41) is 3.71. The van der Waals surface area contributed by atoms with Crippen molar-refractivity contribution in [2.24, 2.45) is 0 Å². The van der Waals surface area contributed by atoms with Crippen LogP contribution >= 0.6 is 0 Å². The fourth-order valence-electron chi connectivity index (χ4n) is 2.52. The zero-order valence-electron chi connectivity index (χ0n) is 12.8. The van der Waals surface area contributed by atoms with Crippen molar-refractivity contribution in [2.45, 2.75) is 25.6 Å². The molecule has 0 saturated carbocycles. The summed E-state index contributed by atoms with van der Waals surface area (Å²) in [7, 11) is 1.54. The highest BCUT2D eigenvalue weighted by atomic mass is 16.5. The third-order valence-corrected chi connectivity index (χ3v) is 3.71. The lowest BCUT2D eigenvalue weighted by atomic mass is 10.1. The fourth-order valence-corrected chi connectivity index (χ4v) is 2.52. The van der Waals surface area contributed by atoms with Gasteiger partial charge in [0.05, 0.1) is 18.8 Å². The number of ether oxygens (including phenoxy) is 2. The summed E-state index contributed by atoms with van der Waals surface area (Å²) in [4.78, 5) is 22.3. The predicted octanol–water partition coefficient (Wildman–Crippen LogP) is 1.29. The molecule has 1 saturated heterocycles. The SMILES string of the molecule is COc1ccc(C(=O)N2CCCC(OCc3ncon3)C2)cn1. The third-order valence-electron chi connectivity index (χ3n) is 3.71. The first kappa shape index (κ1) is 15.4. The van der Waals surface area contributed by atoms with E-state index >= 15 is 0 Å². The molecule has 8 heteroatoms. The minimum absolute atomic E-state index is 0.0302. The molecule has 2 aromatic heterocycles. The molecular formula is C15H18N4O4. The van der Waals surface area contributed by atoms with Crippen LogP contribution in [0.4, 0.5) is 0 Å². The molecule has 3 heterocycles. The Labute approximate surface area is 133 Å². The summed E-state index contributed by atoms with van der Waals surface area (Å²) in [5.74, 6) is 0.947. The van der Waals surface area contributed by atoms with Crippen molar-refractivity contribution in [2.75, 3.05) is 20.2 Å². The topological polar surface area (TPSA) is 90.6 Å². The van der Waals surface area contributed by atoms with Crippen LogP contribution in [0.1, 0.15) is 29.0 Å². The second-order valence-corrected chi connectivity index (χ2v) is 5.26. The first-order valence-electron chi connectivity index (χ1n) is 7.42. The summed E-state index contributed by atoms with van der Waals surface area (Å²) in [5.41, 5.74) is 0.546. The molecule has 1 aliphatic heterocycles. The first-order valence-corrected chi connectivity index (χ1v) is 7.42. The number of piperidine rings is 1. The number of carbonyl (C=O) groups is 1. The van der Waals surface area contributed by atoms with Gasteiger partial charge in [-0.1, -0.05) is 5.16 Å². The predicted molar refractivity (Wildman–Crippen MR) is 78.8 cm³/mol. The van der Waals surface area contributed by atoms with Gasteiger partial charge in [-0.15, -0.1) is 0 Å². The van der Waals surface area contributed by atoms with Crippen molar-refractivity contribution in [3.63, 3.8) is 0 Å². The van der Waals surface area contributed by atoms with E-state index in [1.807, 2.05) is 0 Å². The van der Waals surface area contributed by atoms with E-state index in [1.54, 1.807) is 24.1 Å². The standard InChI is InChI=1S/C15H18N4O4/c1-21-14-5-4-11(7-16-14)15(20)19-6-2-3-12(8-19)22-9-13-17-10-23-18-13/h4-5,7,10,12H,2-3,6,8-9H2,1H3. The number of likely N-dealkylation sites (tertiary alicyclic amines) is 1. The van der Waals surface area contributed by atoms with Crippen molar-refractivity contribution in [1.82, 2.24) is 20.0 Å². The molecule has 3 rings (SSSR count). The van der Waals surface area contributed by atoms with Crippen molar-refractivity contribution < 1.29 is 18.8 Å². The van der Waals surface area contributed by atoms with Crippen LogP contribution in [-0.2, 0) is 11.3 Å². The Morgan fingerprint density at radius 1 is 1.43 bits per heavy atom. The largest absolute Gasteiger partial charge is 0.481 e. The second-order valence-electron chi connectivity index (χ2n) is 5.26. The number of amides is 1. The summed E-state index contributed by atoms with van der Waals surface area (Å²) >= 11 is 0. The van der Waals surface area contributed by atoms with Gasteiger partial charge in [0.1, 0.15) is 6.61 Å². The molecule has 0 N–H and O–H groups in total. The molecule has 1 unspecified atom stereocenters. The highest BCUT2D eigenvalue weighted by molar-refractivity contribution is 5.94. The quantitative estimate of drug-likeness (QED) is 0.820. The summed E-state index contributed by atoms with van der Waals surface area (Å²) in [6, 6.07) is 3.40. The highest BCUT2D eigenvalue weighted by Crippen LogP contribution is 2.17. The number of carbonyl (C=O) groups excluding carboxylic acids is 1. The molecule has 0 radical (unpaired) electrons. The van der Waals surface area contributed by atoms with E-state index in [-0.39, 0.29) is 18.6 Å². The molecule has 0 aromatic carbocycles. The minimum atomic E-state index is -0.0481. The van der Waals surface area contributed by atoms with Crippen molar-refractivity contribution in [3.8, 4) is 5.88 Å². The maximum atomic E-state index is 12.5. The smallest absolute Gasteiger partial charge is 0.255 e. The van der Waals surface area contributed by atoms with Crippen LogP contribution in [0.5, 0.6) is 5.88 Å². The van der Waals surface area contributed by atoms with Gasteiger partial charge in [-0.25, -0.2) is 4.98 Å². The number of hydrogen-bond donors (Lipinski definition) is 0. The number of rotatable bonds is 5. The molecule has 1 amide bonds. The monoisotopic (exact) mass is 318 g/mol. The molecule has 23 heavy (non-hydrogen) atoms. The summed E-state index contributed by atoms with van der Waals surface area (Å²) < 4.78 is 15.4. The van der Waals surface area contributed by atoms with Gasteiger partial charge in [0.2, 0.25) is 12.3 Å². The van der Waals surface area contributed by atoms with Crippen LogP contribution in [0.15, 0.2) is 29.2 Å². The molecule has 1 atom stereocenters. The van der Waals surface area contributed by atoms with Crippen LogP contribution in [0.25, 0.3) is 0 Å². The van der Waals surface area contributed by atoms with Crippen molar-refractivity contribution in [1.29, 1.82) is 0 Å². The van der Waals surface area contributed by atoms with Crippen molar-refractivity contribution >= 4 is 5.91 Å². The van der Waals surface area contributed by atoms with E-state index in [9.17, 15) is 4.79 Å². The zero-order chi connectivity index (χ0) is 16.1. The van der Waals surface area contributed by atoms with E-state index in [0.717, 1.165) is 12.8 Å². The van der Waals surface area contributed by atoms with E-state index < -0.39 is 0 Å². The van der Waals surface area contributed by atoms with Crippen molar-refractivity contribution in [3.05, 3.63) is 36.1 Å². The van der Waals surface area contributed by atoms with Gasteiger partial charge in [-0.2, -0.15) is 4.98 Å². The minimum Gasteiger partial charge on any atom is -0.481 e. The normalized spacial score (nSPS) is 18.0. The van der Waals surface area contributed by atoms with Gasteiger partial charge in [-0.05, 0) is 18.9 Å². The van der Waals surface area contributed by atoms with Crippen LogP contribution in [0, 0.1) is 0 Å². The molecule has 8 nitrogen and oxygen atoms in total. The molecule has 0 aliphatic carbocycles. The average molecular weight is 318 g/mol. The number of methoxy groups -OCH3 is 1. The lowest BCUT2D eigenvalue weighted by molar-refractivity contribution is -0.00962. The van der Waals surface area contributed by atoms with Crippen LogP contribution < -0.4 is 4.74 Å². The third kappa shape index (κ3) is 3.84. The van der Waals surface area contributed by atoms with Crippen LogP contribution in [0.2, 0.25) is 0 Å². The second kappa shape index (κ2) is 7.19. The van der Waals surface area contributed by atoms with Gasteiger partial charge in [-0.3, -0.25) is 4.79 Å². The Bertz CT molecular complexity index is 629. The number of aromatic nitrogens is 3. The molecule has 122 valence electrons. The Hall–Kier alpha value is -2.48. The zero-order valence-corrected chi connectivity index (χ0v) is 12.8. The fraction of sp³-hybridized carbons (Fsp3) is 0.467. The molecule has 0 spiro atoms. The molecule has 2 aromatic rings. The molecule has 1 aliphatic rings. The van der Waals surface area contributed by atoms with E-state index in [2.05, 4.69) is 19.6 Å². The molecule has 1 fully saturated rings. The Morgan fingerprint density at radius 2 is 2.35 bits per heavy atom. The Balaban J connectivity index is 1.57. The summed E-state index contributed by atoms with van der Waals surface area (Å²) in [6.45, 7) is 1.54. The lowest BCUT2D eigenvalue weighted by Crippen LogP contribution is -2.43. The van der Waals surface area contributed by atoms with E-state index in [0.29, 0.717) is 30.4 Å². The maximum absolute atomic E-state index is 12.5. The Morgan fingerprint density at radius 3 is 3.04 bits per heavy atom. The molecular weight excluding hydrogens is 300 g/mol. The lowest BCUT2D eigenvalue weighted by Gasteiger charge is -2.32. The van der Waals surface area contributed by atoms with E-state index in [4.69, 9.17) is 9.47 Å². The maximum Gasteiger partial charge on any atom is 0.255 e. The van der Waals surface area contributed by atoms with Crippen LogP contribution in [-0.4, -0.2) is 52.2 Å². The summed E-state index contributed by atoms with van der Waals surface area (Å²) in [6.07, 6.45) is 4.57. The van der Waals surface area contributed by atoms with Gasteiger partial charge >= 0.3 is 0 Å². The van der Waals surface area contributed by atoms with Crippen LogP contribution in [0.3, 0.4) is 0 Å². The Kier molecular flexibility index (Phi) is 4.82. The van der Waals surface area contributed by atoms with Gasteiger partial charge in [0, 0.05) is 25.4 Å². The number of nitrogens with zero attached hydrogens (tertiary/aromatic N) is 4.